The molecule has 3 aliphatic rings. The summed E-state index contributed by atoms with van der Waals surface area (Å²) in [6, 6.07) is 13.4. The lowest BCUT2D eigenvalue weighted by Gasteiger charge is -2.28. The van der Waals surface area contributed by atoms with Crippen molar-refractivity contribution in [3.8, 4) is 28.6 Å². The molecule has 4 heterocycles. The van der Waals surface area contributed by atoms with Gasteiger partial charge in [0.2, 0.25) is 0 Å². The number of para-hydroxylation sites is 1. The fourth-order valence-corrected chi connectivity index (χ4v) is 5.79. The fourth-order valence-electron chi connectivity index (χ4n) is 5.79. The van der Waals surface area contributed by atoms with Crippen LogP contribution in [-0.4, -0.2) is 101 Å². The Kier molecular flexibility index (Phi) is 11.3. The minimum atomic E-state index is -0.358. The summed E-state index contributed by atoms with van der Waals surface area (Å²) in [6.07, 6.45) is 7.28. The summed E-state index contributed by atoms with van der Waals surface area (Å²) >= 11 is 0. The summed E-state index contributed by atoms with van der Waals surface area (Å²) in [5, 5.41) is 6.89. The average Bonchev–Trinajstić information content (AvgIpc) is 3.78. The number of amides is 2. The molecule has 1 atom stereocenters. The Bertz CT molecular complexity index is 1440. The third-order valence-corrected chi connectivity index (χ3v) is 7.97. The van der Waals surface area contributed by atoms with E-state index in [9.17, 15) is 9.59 Å². The molecule has 0 spiro atoms. The molecule has 6 rings (SSSR count). The first-order valence-corrected chi connectivity index (χ1v) is 15.5. The van der Waals surface area contributed by atoms with Gasteiger partial charge in [-0.3, -0.25) is 14.4 Å². The van der Waals surface area contributed by atoms with Crippen molar-refractivity contribution in [1.82, 2.24) is 19.4 Å². The maximum atomic E-state index is 14.0. The molecule has 12 heteroatoms. The van der Waals surface area contributed by atoms with Crippen LogP contribution in [-0.2, 0) is 20.9 Å². The van der Waals surface area contributed by atoms with Gasteiger partial charge in [-0.15, -0.1) is 0 Å². The summed E-state index contributed by atoms with van der Waals surface area (Å²) in [4.78, 5) is 44.0. The molecule has 1 saturated heterocycles. The maximum absolute atomic E-state index is 14.0. The summed E-state index contributed by atoms with van der Waals surface area (Å²) in [6.45, 7) is 4.58. The number of benzene rings is 2. The summed E-state index contributed by atoms with van der Waals surface area (Å²) in [5.41, 5.74) is 1.45. The lowest BCUT2D eigenvalue weighted by molar-refractivity contribution is -0.141. The first-order valence-electron chi connectivity index (χ1n) is 15.5. The Morgan fingerprint density at radius 1 is 0.844 bits per heavy atom. The molecule has 0 radical (unpaired) electrons. The SMILES string of the molecule is O=C(c1cccc2c1OCCO2)N1CCCCN(C(=O)[C@H]2CCCO2)CCCOc2cccc(c2)-c2nccn2CC1.O=CO. The van der Waals surface area contributed by atoms with Gasteiger partial charge in [0.1, 0.15) is 30.9 Å². The van der Waals surface area contributed by atoms with Crippen LogP contribution < -0.4 is 14.2 Å². The zero-order valence-corrected chi connectivity index (χ0v) is 25.3. The maximum Gasteiger partial charge on any atom is 0.290 e. The van der Waals surface area contributed by atoms with E-state index < -0.39 is 0 Å². The van der Waals surface area contributed by atoms with Gasteiger partial charge in [0, 0.05) is 57.3 Å². The molecular formula is C33H40N4O8. The van der Waals surface area contributed by atoms with Crippen LogP contribution in [0.1, 0.15) is 42.5 Å². The smallest absolute Gasteiger partial charge is 0.290 e. The van der Waals surface area contributed by atoms with E-state index in [4.69, 9.17) is 28.8 Å². The number of ether oxygens (including phenoxy) is 4. The number of carbonyl (C=O) groups is 3. The number of aromatic nitrogens is 2. The molecule has 0 saturated carbocycles. The highest BCUT2D eigenvalue weighted by Crippen LogP contribution is 2.34. The van der Waals surface area contributed by atoms with Crippen molar-refractivity contribution in [3.63, 3.8) is 0 Å². The highest BCUT2D eigenvalue weighted by molar-refractivity contribution is 5.98. The van der Waals surface area contributed by atoms with E-state index >= 15 is 0 Å². The van der Waals surface area contributed by atoms with Gasteiger partial charge in [-0.25, -0.2) is 4.98 Å². The third-order valence-electron chi connectivity index (χ3n) is 7.97. The molecule has 12 nitrogen and oxygen atoms in total. The van der Waals surface area contributed by atoms with E-state index in [1.54, 1.807) is 12.3 Å². The number of imidazole rings is 1. The van der Waals surface area contributed by atoms with E-state index in [1.165, 1.54) is 0 Å². The van der Waals surface area contributed by atoms with Crippen molar-refractivity contribution in [2.45, 2.75) is 44.8 Å². The van der Waals surface area contributed by atoms with E-state index in [2.05, 4.69) is 9.55 Å². The molecular weight excluding hydrogens is 580 g/mol. The van der Waals surface area contributed by atoms with Gasteiger partial charge in [-0.1, -0.05) is 18.2 Å². The van der Waals surface area contributed by atoms with E-state index in [1.807, 2.05) is 52.4 Å². The van der Waals surface area contributed by atoms with Crippen LogP contribution in [0, 0.1) is 0 Å². The normalized spacial score (nSPS) is 18.8. The molecule has 0 aliphatic carbocycles. The van der Waals surface area contributed by atoms with Crippen molar-refractivity contribution in [2.75, 3.05) is 52.6 Å². The predicted octanol–water partition coefficient (Wildman–Crippen LogP) is 3.73. The van der Waals surface area contributed by atoms with E-state index in [0.29, 0.717) is 82.6 Å². The van der Waals surface area contributed by atoms with Crippen LogP contribution in [0.15, 0.2) is 54.9 Å². The number of fused-ring (bicyclic) bond motifs is 5. The second kappa shape index (κ2) is 15.9. The quantitative estimate of drug-likeness (QED) is 0.426. The first-order chi connectivity index (χ1) is 22.1. The minimum Gasteiger partial charge on any atom is -0.494 e. The van der Waals surface area contributed by atoms with Crippen LogP contribution in [0.4, 0.5) is 0 Å². The Morgan fingerprint density at radius 2 is 1.62 bits per heavy atom. The average molecular weight is 621 g/mol. The molecule has 45 heavy (non-hydrogen) atoms. The van der Waals surface area contributed by atoms with Gasteiger partial charge in [-0.05, 0) is 56.4 Å². The van der Waals surface area contributed by atoms with Crippen LogP contribution >= 0.6 is 0 Å². The second-order valence-corrected chi connectivity index (χ2v) is 10.9. The van der Waals surface area contributed by atoms with Crippen LogP contribution in [0.5, 0.6) is 17.2 Å². The van der Waals surface area contributed by atoms with Crippen molar-refractivity contribution < 1.29 is 38.4 Å². The van der Waals surface area contributed by atoms with Crippen molar-refractivity contribution in [3.05, 3.63) is 60.4 Å². The number of carbonyl (C=O) groups excluding carboxylic acids is 2. The zero-order chi connectivity index (χ0) is 31.4. The minimum absolute atomic E-state index is 0.0545. The number of hydrogen-bond donors (Lipinski definition) is 1. The van der Waals surface area contributed by atoms with Gasteiger partial charge in [0.25, 0.3) is 18.3 Å². The largest absolute Gasteiger partial charge is 0.494 e. The van der Waals surface area contributed by atoms with Gasteiger partial charge in [0.05, 0.1) is 12.2 Å². The number of hydrogen-bond acceptors (Lipinski definition) is 8. The highest BCUT2D eigenvalue weighted by atomic mass is 16.6. The molecule has 3 aliphatic heterocycles. The molecule has 240 valence electrons. The summed E-state index contributed by atoms with van der Waals surface area (Å²) in [7, 11) is 0. The van der Waals surface area contributed by atoms with Gasteiger partial charge < -0.3 is 38.4 Å². The lowest BCUT2D eigenvalue weighted by Crippen LogP contribution is -2.41. The second-order valence-electron chi connectivity index (χ2n) is 10.9. The Labute approximate surface area is 262 Å². The molecule has 2 bridgehead atoms. The number of nitrogens with zero attached hydrogens (tertiary/aromatic N) is 4. The fraction of sp³-hybridized carbons (Fsp3) is 0.455. The van der Waals surface area contributed by atoms with Gasteiger partial charge in [0.15, 0.2) is 11.5 Å². The molecule has 1 N–H and O–H groups in total. The number of rotatable bonds is 2. The standard InChI is InChI=1S/C32H38N4O6.CH2O2/c37-31(26-9-4-10-27-29(26)42-22-21-41-27)36-14-2-1-13-35(32(38)28-11-5-19-40-28)15-6-20-39-25-8-3-7-24(23-25)30-33-12-16-34(30)17-18-36;2-1-3/h3-4,7-10,12,16,23,28H,1-2,5-6,11,13-15,17-22H2;1H,(H,2,3)/t28-;/m1./s1. The summed E-state index contributed by atoms with van der Waals surface area (Å²) < 4.78 is 25.5. The van der Waals surface area contributed by atoms with Crippen molar-refractivity contribution in [1.29, 1.82) is 0 Å². The molecule has 3 aromatic rings. The lowest BCUT2D eigenvalue weighted by atomic mass is 10.1. The molecule has 2 aromatic carbocycles. The molecule has 1 aromatic heterocycles. The van der Waals surface area contributed by atoms with E-state index in [0.717, 1.165) is 42.8 Å². The Hall–Kier alpha value is -4.58. The Morgan fingerprint density at radius 3 is 2.44 bits per heavy atom. The third kappa shape index (κ3) is 8.13. The van der Waals surface area contributed by atoms with Crippen molar-refractivity contribution in [2.24, 2.45) is 0 Å². The molecule has 0 unspecified atom stereocenters. The van der Waals surface area contributed by atoms with E-state index in [-0.39, 0.29) is 24.4 Å². The van der Waals surface area contributed by atoms with Gasteiger partial charge >= 0.3 is 0 Å². The van der Waals surface area contributed by atoms with Crippen molar-refractivity contribution >= 4 is 18.3 Å². The molecule has 1 fully saturated rings. The highest BCUT2D eigenvalue weighted by Gasteiger charge is 2.28. The van der Waals surface area contributed by atoms with Crippen LogP contribution in [0.2, 0.25) is 0 Å². The topological polar surface area (TPSA) is 133 Å². The predicted molar refractivity (Wildman–Crippen MR) is 165 cm³/mol. The summed E-state index contributed by atoms with van der Waals surface area (Å²) in [5.74, 6) is 2.64. The first kappa shape index (κ1) is 31.8. The zero-order valence-electron chi connectivity index (χ0n) is 25.3. The monoisotopic (exact) mass is 620 g/mol. The van der Waals surface area contributed by atoms with Gasteiger partial charge in [-0.2, -0.15) is 0 Å². The molecule has 2 amide bonds. The van der Waals surface area contributed by atoms with Crippen LogP contribution in [0.3, 0.4) is 0 Å². The van der Waals surface area contributed by atoms with Crippen LogP contribution in [0.25, 0.3) is 11.4 Å². The Balaban J connectivity index is 0.00000128. The number of carboxylic acid groups (broad SMARTS) is 1.